The Bertz CT molecular complexity index is 1030. The molecule has 0 heterocycles. The van der Waals surface area contributed by atoms with Crippen molar-refractivity contribution in [3.8, 4) is 11.1 Å². The van der Waals surface area contributed by atoms with E-state index >= 15 is 0 Å². The fraction of sp³-hybridized carbons (Fsp3) is 0.360. The third-order valence-corrected chi connectivity index (χ3v) is 5.61. The van der Waals surface area contributed by atoms with Gasteiger partial charge in [-0.3, -0.25) is 14.4 Å². The number of hydrogen-bond donors (Lipinski definition) is 4. The molecule has 0 spiro atoms. The van der Waals surface area contributed by atoms with Crippen molar-refractivity contribution in [1.82, 2.24) is 16.0 Å². The van der Waals surface area contributed by atoms with Crippen molar-refractivity contribution in [1.29, 1.82) is 0 Å². The number of aliphatic carboxylic acids is 1. The van der Waals surface area contributed by atoms with Crippen LogP contribution in [-0.4, -0.2) is 68.4 Å². The van der Waals surface area contributed by atoms with Gasteiger partial charge in [0.1, 0.15) is 12.6 Å². The first-order chi connectivity index (χ1) is 16.9. The summed E-state index contributed by atoms with van der Waals surface area (Å²) in [4.78, 5) is 47.8. The molecular formula is C25H29N3O7. The first-order valence-electron chi connectivity index (χ1n) is 11.3. The number of carbonyl (C=O) groups is 4. The number of amides is 3. The van der Waals surface area contributed by atoms with E-state index in [4.69, 9.17) is 14.6 Å². The summed E-state index contributed by atoms with van der Waals surface area (Å²) in [5.41, 5.74) is 4.22. The van der Waals surface area contributed by atoms with E-state index in [-0.39, 0.29) is 31.4 Å². The van der Waals surface area contributed by atoms with Gasteiger partial charge in [-0.15, -0.1) is 0 Å². The van der Waals surface area contributed by atoms with Gasteiger partial charge < -0.3 is 30.5 Å². The minimum Gasteiger partial charge on any atom is -0.481 e. The van der Waals surface area contributed by atoms with Crippen molar-refractivity contribution in [2.24, 2.45) is 0 Å². The first-order valence-corrected chi connectivity index (χ1v) is 11.3. The van der Waals surface area contributed by atoms with Crippen LogP contribution in [0, 0.1) is 0 Å². The maximum atomic E-state index is 12.5. The van der Waals surface area contributed by atoms with Gasteiger partial charge in [-0.05, 0) is 22.3 Å². The molecule has 2 aromatic carbocycles. The summed E-state index contributed by atoms with van der Waals surface area (Å²) in [6.07, 6.45) is -1.53. The Morgan fingerprint density at radius 2 is 1.57 bits per heavy atom. The zero-order valence-electron chi connectivity index (χ0n) is 19.4. The molecule has 0 fully saturated rings. The number of fused-ring (bicyclic) bond motifs is 3. The van der Waals surface area contributed by atoms with Crippen LogP contribution in [0.3, 0.4) is 0 Å². The fourth-order valence-electron chi connectivity index (χ4n) is 3.97. The molecule has 0 saturated heterocycles. The Morgan fingerprint density at radius 1 is 0.943 bits per heavy atom. The highest BCUT2D eigenvalue weighted by Crippen LogP contribution is 2.44. The average molecular weight is 484 g/mol. The number of carboxylic acid groups (broad SMARTS) is 1. The Hall–Kier alpha value is -3.92. The summed E-state index contributed by atoms with van der Waals surface area (Å²) in [7, 11) is 1.51. The minimum atomic E-state index is -1.35. The van der Waals surface area contributed by atoms with E-state index in [2.05, 4.69) is 16.0 Å². The maximum Gasteiger partial charge on any atom is 0.407 e. The Morgan fingerprint density at radius 3 is 2.17 bits per heavy atom. The van der Waals surface area contributed by atoms with Crippen LogP contribution in [0.25, 0.3) is 11.1 Å². The van der Waals surface area contributed by atoms with Crippen molar-refractivity contribution >= 4 is 23.9 Å². The average Bonchev–Trinajstić information content (AvgIpc) is 3.16. The fourth-order valence-corrected chi connectivity index (χ4v) is 3.97. The van der Waals surface area contributed by atoms with Crippen LogP contribution in [0.2, 0.25) is 0 Å². The zero-order valence-corrected chi connectivity index (χ0v) is 19.4. The van der Waals surface area contributed by atoms with Gasteiger partial charge in [-0.2, -0.15) is 0 Å². The molecule has 4 N–H and O–H groups in total. The van der Waals surface area contributed by atoms with Gasteiger partial charge in [0.2, 0.25) is 11.8 Å². The predicted octanol–water partition coefficient (Wildman–Crippen LogP) is 1.64. The van der Waals surface area contributed by atoms with E-state index in [1.807, 2.05) is 48.5 Å². The van der Waals surface area contributed by atoms with Gasteiger partial charge in [0.05, 0.1) is 13.0 Å². The topological polar surface area (TPSA) is 143 Å². The predicted molar refractivity (Wildman–Crippen MR) is 127 cm³/mol. The van der Waals surface area contributed by atoms with Crippen LogP contribution in [0.4, 0.5) is 4.79 Å². The van der Waals surface area contributed by atoms with Crippen LogP contribution < -0.4 is 16.0 Å². The molecule has 1 aliphatic carbocycles. The van der Waals surface area contributed by atoms with Gasteiger partial charge in [-0.1, -0.05) is 48.5 Å². The molecule has 1 aliphatic rings. The highest BCUT2D eigenvalue weighted by Gasteiger charge is 2.30. The lowest BCUT2D eigenvalue weighted by atomic mass is 9.98. The number of benzene rings is 2. The smallest absolute Gasteiger partial charge is 0.407 e. The molecule has 0 aliphatic heterocycles. The lowest BCUT2D eigenvalue weighted by molar-refractivity contribution is -0.140. The SMILES string of the molecule is COCCNC(=O)CCNC(=O)C(CC(=O)O)NC(=O)OCC1c2ccccc2-c2ccccc21. The molecule has 186 valence electrons. The molecule has 3 rings (SSSR count). The number of alkyl carbamates (subject to hydrolysis) is 1. The van der Waals surface area contributed by atoms with E-state index in [1.165, 1.54) is 7.11 Å². The summed E-state index contributed by atoms with van der Waals surface area (Å²) in [6, 6.07) is 14.4. The third-order valence-electron chi connectivity index (χ3n) is 5.61. The summed E-state index contributed by atoms with van der Waals surface area (Å²) < 4.78 is 10.2. The summed E-state index contributed by atoms with van der Waals surface area (Å²) in [5, 5.41) is 16.6. The van der Waals surface area contributed by atoms with Crippen LogP contribution in [0.1, 0.15) is 29.9 Å². The highest BCUT2D eigenvalue weighted by molar-refractivity contribution is 5.89. The van der Waals surface area contributed by atoms with Gasteiger partial charge in [-0.25, -0.2) is 4.79 Å². The normalized spacial score (nSPS) is 12.7. The second-order valence-corrected chi connectivity index (χ2v) is 8.00. The third kappa shape index (κ3) is 7.03. The molecule has 1 atom stereocenters. The van der Waals surface area contributed by atoms with Crippen molar-refractivity contribution in [3.05, 3.63) is 59.7 Å². The summed E-state index contributed by atoms with van der Waals surface area (Å²) >= 11 is 0. The second kappa shape index (κ2) is 12.5. The van der Waals surface area contributed by atoms with Crippen molar-refractivity contribution in [2.45, 2.75) is 24.8 Å². The van der Waals surface area contributed by atoms with Gasteiger partial charge >= 0.3 is 12.1 Å². The number of hydrogen-bond acceptors (Lipinski definition) is 6. The second-order valence-electron chi connectivity index (χ2n) is 8.00. The van der Waals surface area contributed by atoms with Crippen LogP contribution in [0.15, 0.2) is 48.5 Å². The molecule has 2 aromatic rings. The first kappa shape index (κ1) is 25.7. The molecule has 10 nitrogen and oxygen atoms in total. The van der Waals surface area contributed by atoms with Gasteiger partial charge in [0.15, 0.2) is 0 Å². The number of methoxy groups -OCH3 is 1. The largest absolute Gasteiger partial charge is 0.481 e. The Balaban J connectivity index is 1.54. The molecular weight excluding hydrogens is 454 g/mol. The highest BCUT2D eigenvalue weighted by atomic mass is 16.5. The number of nitrogens with one attached hydrogen (secondary N) is 3. The number of ether oxygens (including phenoxy) is 2. The quantitative estimate of drug-likeness (QED) is 0.336. The van der Waals surface area contributed by atoms with E-state index in [0.29, 0.717) is 13.2 Å². The molecule has 10 heteroatoms. The van der Waals surface area contributed by atoms with E-state index in [1.54, 1.807) is 0 Å². The molecule has 0 bridgehead atoms. The number of carbonyl (C=O) groups excluding carboxylic acids is 3. The molecule has 1 unspecified atom stereocenters. The van der Waals surface area contributed by atoms with E-state index in [0.717, 1.165) is 22.3 Å². The van der Waals surface area contributed by atoms with Gasteiger partial charge in [0.25, 0.3) is 0 Å². The summed E-state index contributed by atoms with van der Waals surface area (Å²) in [5.74, 6) is -2.44. The Kier molecular flexibility index (Phi) is 9.19. The van der Waals surface area contributed by atoms with Crippen molar-refractivity contribution in [3.63, 3.8) is 0 Å². The summed E-state index contributed by atoms with van der Waals surface area (Å²) in [6.45, 7) is 0.722. The van der Waals surface area contributed by atoms with Crippen molar-refractivity contribution in [2.75, 3.05) is 33.4 Å². The van der Waals surface area contributed by atoms with Crippen LogP contribution in [-0.2, 0) is 23.9 Å². The molecule has 0 saturated carbocycles. The van der Waals surface area contributed by atoms with Gasteiger partial charge in [0, 0.05) is 32.5 Å². The minimum absolute atomic E-state index is 0.000189. The lowest BCUT2D eigenvalue weighted by Gasteiger charge is -2.18. The molecule has 3 amide bonds. The number of rotatable bonds is 12. The van der Waals surface area contributed by atoms with E-state index in [9.17, 15) is 19.2 Å². The van der Waals surface area contributed by atoms with Crippen molar-refractivity contribution < 1.29 is 33.8 Å². The maximum absolute atomic E-state index is 12.5. The van der Waals surface area contributed by atoms with Crippen LogP contribution in [0.5, 0.6) is 0 Å². The Labute approximate surface area is 203 Å². The standard InChI is InChI=1S/C25H29N3O7/c1-34-13-12-26-22(29)10-11-27-24(32)21(14-23(30)31)28-25(33)35-15-20-18-8-4-2-6-16(18)17-7-3-5-9-19(17)20/h2-9,20-21H,10-15H2,1H3,(H,26,29)(H,27,32)(H,28,33)(H,30,31). The molecule has 0 radical (unpaired) electrons. The van der Waals surface area contributed by atoms with Crippen LogP contribution >= 0.6 is 0 Å². The zero-order chi connectivity index (χ0) is 25.2. The lowest BCUT2D eigenvalue weighted by Crippen LogP contribution is -2.48. The van der Waals surface area contributed by atoms with E-state index < -0.39 is 30.4 Å². The number of carboxylic acids is 1. The monoisotopic (exact) mass is 483 g/mol. The molecule has 35 heavy (non-hydrogen) atoms. The molecule has 0 aromatic heterocycles.